The van der Waals surface area contributed by atoms with E-state index in [-0.39, 0.29) is 18.1 Å². The second-order valence-electron chi connectivity index (χ2n) is 8.91. The molecule has 7 heteroatoms. The number of quaternary nitrogens is 1. The molecule has 0 radical (unpaired) electrons. The SMILES string of the molecule is C[C@H]1CCC[C@]2(C1)OC[C@@H](C(=O)N1CC[NH+](C)CC1)N2C(=O)c1ccccc1F. The van der Waals surface area contributed by atoms with Crippen LogP contribution in [0.25, 0.3) is 0 Å². The number of carbonyl (C=O) groups excluding carboxylic acids is 2. The molecule has 1 spiro atoms. The number of carbonyl (C=O) groups is 2. The van der Waals surface area contributed by atoms with Crippen molar-refractivity contribution >= 4 is 11.8 Å². The van der Waals surface area contributed by atoms with Crippen molar-refractivity contribution in [2.75, 3.05) is 39.8 Å². The van der Waals surface area contributed by atoms with Crippen molar-refractivity contribution in [3.63, 3.8) is 0 Å². The number of rotatable bonds is 2. The lowest BCUT2D eigenvalue weighted by Gasteiger charge is -2.44. The number of nitrogens with zero attached hydrogens (tertiary/aromatic N) is 2. The van der Waals surface area contributed by atoms with E-state index in [0.717, 1.165) is 25.9 Å². The molecule has 3 fully saturated rings. The molecule has 4 rings (SSSR count). The van der Waals surface area contributed by atoms with Crippen molar-refractivity contribution in [2.24, 2.45) is 5.92 Å². The van der Waals surface area contributed by atoms with E-state index in [1.54, 1.807) is 17.0 Å². The monoisotopic (exact) mass is 404 g/mol. The number of hydrogen-bond acceptors (Lipinski definition) is 3. The molecular weight excluding hydrogens is 373 g/mol. The number of nitrogens with one attached hydrogen (secondary N) is 1. The first-order valence-electron chi connectivity index (χ1n) is 10.7. The van der Waals surface area contributed by atoms with Crippen molar-refractivity contribution in [2.45, 2.75) is 44.4 Å². The van der Waals surface area contributed by atoms with Crippen molar-refractivity contribution in [3.05, 3.63) is 35.6 Å². The van der Waals surface area contributed by atoms with E-state index in [4.69, 9.17) is 4.74 Å². The van der Waals surface area contributed by atoms with Crippen molar-refractivity contribution < 1.29 is 23.6 Å². The van der Waals surface area contributed by atoms with Crippen LogP contribution in [-0.2, 0) is 9.53 Å². The molecule has 6 nitrogen and oxygen atoms in total. The molecule has 1 aliphatic carbocycles. The summed E-state index contributed by atoms with van der Waals surface area (Å²) in [6.07, 6.45) is 3.38. The Balaban J connectivity index is 1.66. The summed E-state index contributed by atoms with van der Waals surface area (Å²) in [6, 6.07) is 5.33. The van der Waals surface area contributed by atoms with Gasteiger partial charge in [-0.15, -0.1) is 0 Å². The molecule has 1 aromatic rings. The fourth-order valence-electron chi connectivity index (χ4n) is 5.08. The van der Waals surface area contributed by atoms with Gasteiger partial charge in [-0.2, -0.15) is 0 Å². The number of piperazine rings is 1. The molecule has 1 aromatic carbocycles. The number of ether oxygens (including phenoxy) is 1. The van der Waals surface area contributed by atoms with E-state index >= 15 is 0 Å². The van der Waals surface area contributed by atoms with Gasteiger partial charge >= 0.3 is 0 Å². The van der Waals surface area contributed by atoms with Crippen LogP contribution in [0.1, 0.15) is 43.0 Å². The number of benzene rings is 1. The Labute approximate surface area is 171 Å². The highest BCUT2D eigenvalue weighted by Gasteiger charge is 2.55. The number of amides is 2. The zero-order valence-electron chi connectivity index (χ0n) is 17.3. The van der Waals surface area contributed by atoms with E-state index in [1.807, 2.05) is 4.90 Å². The van der Waals surface area contributed by atoms with Gasteiger partial charge in [0.15, 0.2) is 0 Å². The molecule has 1 N–H and O–H groups in total. The van der Waals surface area contributed by atoms with Gasteiger partial charge in [-0.05, 0) is 37.3 Å². The zero-order valence-corrected chi connectivity index (χ0v) is 17.3. The van der Waals surface area contributed by atoms with Crippen molar-refractivity contribution in [1.82, 2.24) is 9.80 Å². The van der Waals surface area contributed by atoms with E-state index in [9.17, 15) is 14.0 Å². The fourth-order valence-corrected chi connectivity index (χ4v) is 5.08. The van der Waals surface area contributed by atoms with Gasteiger partial charge in [-0.3, -0.25) is 14.5 Å². The molecule has 0 unspecified atom stereocenters. The van der Waals surface area contributed by atoms with Gasteiger partial charge in [0, 0.05) is 0 Å². The Morgan fingerprint density at radius 2 is 1.97 bits per heavy atom. The lowest BCUT2D eigenvalue weighted by Crippen LogP contribution is -3.12. The van der Waals surface area contributed by atoms with Crippen LogP contribution in [0.4, 0.5) is 4.39 Å². The smallest absolute Gasteiger partial charge is 0.259 e. The van der Waals surface area contributed by atoms with Crippen LogP contribution < -0.4 is 4.90 Å². The van der Waals surface area contributed by atoms with E-state index in [1.165, 1.54) is 17.0 Å². The van der Waals surface area contributed by atoms with Gasteiger partial charge in [-0.25, -0.2) is 4.39 Å². The van der Waals surface area contributed by atoms with E-state index in [0.29, 0.717) is 31.8 Å². The zero-order chi connectivity index (χ0) is 20.6. The number of likely N-dealkylation sites (N-methyl/N-ethyl adjacent to an activating group) is 1. The molecule has 3 atom stereocenters. The standard InChI is InChI=1S/C22H30FN3O3/c1-16-6-5-9-22(14-16)26(20(27)17-7-3-4-8-18(17)23)19(15-29-22)21(28)25-12-10-24(2)11-13-25/h3-4,7-8,16,19H,5-6,9-15H2,1-2H3/p+1/t16-,19-,22+/m0/s1. The summed E-state index contributed by atoms with van der Waals surface area (Å²) >= 11 is 0. The summed E-state index contributed by atoms with van der Waals surface area (Å²) < 4.78 is 20.7. The minimum Gasteiger partial charge on any atom is -0.353 e. The van der Waals surface area contributed by atoms with E-state index in [2.05, 4.69) is 14.0 Å². The van der Waals surface area contributed by atoms with Gasteiger partial charge in [0.05, 0.1) is 45.4 Å². The summed E-state index contributed by atoms with van der Waals surface area (Å²) in [5.74, 6) is -0.677. The van der Waals surface area contributed by atoms with Gasteiger partial charge < -0.3 is 14.5 Å². The Bertz CT molecular complexity index is 780. The molecule has 2 aliphatic heterocycles. The first kappa shape index (κ1) is 20.3. The highest BCUT2D eigenvalue weighted by molar-refractivity contribution is 5.98. The van der Waals surface area contributed by atoms with Crippen LogP contribution in [0, 0.1) is 11.7 Å². The normalized spacial score (nSPS) is 30.7. The quantitative estimate of drug-likeness (QED) is 0.798. The third kappa shape index (κ3) is 3.78. The summed E-state index contributed by atoms with van der Waals surface area (Å²) in [4.78, 5) is 31.8. The molecule has 2 saturated heterocycles. The second-order valence-corrected chi connectivity index (χ2v) is 8.91. The Morgan fingerprint density at radius 1 is 1.24 bits per heavy atom. The first-order chi connectivity index (χ1) is 13.9. The second kappa shape index (κ2) is 8.03. The summed E-state index contributed by atoms with van der Waals surface area (Å²) in [5, 5.41) is 0. The molecule has 2 amide bonds. The molecule has 3 aliphatic rings. The summed E-state index contributed by atoms with van der Waals surface area (Å²) in [6.45, 7) is 5.46. The van der Waals surface area contributed by atoms with Gasteiger partial charge in [-0.1, -0.05) is 25.5 Å². The predicted molar refractivity (Wildman–Crippen MR) is 106 cm³/mol. The van der Waals surface area contributed by atoms with Gasteiger partial charge in [0.2, 0.25) is 5.91 Å². The predicted octanol–water partition coefficient (Wildman–Crippen LogP) is 0.930. The molecular formula is C22H31FN3O3+. The van der Waals surface area contributed by atoms with Gasteiger partial charge in [0.25, 0.3) is 5.91 Å². The van der Waals surface area contributed by atoms with Crippen LogP contribution in [0.3, 0.4) is 0 Å². The number of halogens is 1. The summed E-state index contributed by atoms with van der Waals surface area (Å²) in [5.41, 5.74) is -0.800. The lowest BCUT2D eigenvalue weighted by molar-refractivity contribution is -0.883. The maximum Gasteiger partial charge on any atom is 0.259 e. The average Bonchev–Trinajstić information content (AvgIpc) is 3.05. The maximum atomic E-state index is 14.5. The van der Waals surface area contributed by atoms with Crippen molar-refractivity contribution in [1.29, 1.82) is 0 Å². The van der Waals surface area contributed by atoms with E-state index < -0.39 is 23.5 Å². The fraction of sp³-hybridized carbons (Fsp3) is 0.636. The molecule has 1 saturated carbocycles. The van der Waals surface area contributed by atoms with Crippen LogP contribution in [0.5, 0.6) is 0 Å². The van der Waals surface area contributed by atoms with Gasteiger partial charge in [0.1, 0.15) is 17.6 Å². The summed E-state index contributed by atoms with van der Waals surface area (Å²) in [7, 11) is 2.12. The van der Waals surface area contributed by atoms with Crippen molar-refractivity contribution in [3.8, 4) is 0 Å². The minimum absolute atomic E-state index is 0.0104. The highest BCUT2D eigenvalue weighted by atomic mass is 19.1. The average molecular weight is 405 g/mol. The highest BCUT2D eigenvalue weighted by Crippen LogP contribution is 2.43. The Hall–Kier alpha value is -1.99. The molecule has 0 aromatic heterocycles. The lowest BCUT2D eigenvalue weighted by atomic mass is 9.83. The van der Waals surface area contributed by atoms with Crippen LogP contribution in [0.15, 0.2) is 24.3 Å². The molecule has 29 heavy (non-hydrogen) atoms. The first-order valence-corrected chi connectivity index (χ1v) is 10.7. The minimum atomic E-state index is -0.810. The van der Waals surface area contributed by atoms with Crippen LogP contribution in [0.2, 0.25) is 0 Å². The Morgan fingerprint density at radius 3 is 2.66 bits per heavy atom. The van der Waals surface area contributed by atoms with Crippen LogP contribution >= 0.6 is 0 Å². The third-order valence-electron chi connectivity index (χ3n) is 6.73. The third-order valence-corrected chi connectivity index (χ3v) is 6.73. The molecule has 2 heterocycles. The molecule has 158 valence electrons. The largest absolute Gasteiger partial charge is 0.353 e. The Kier molecular flexibility index (Phi) is 5.62. The number of hydrogen-bond donors (Lipinski definition) is 1. The molecule has 0 bridgehead atoms. The topological polar surface area (TPSA) is 54.3 Å². The van der Waals surface area contributed by atoms with Crippen LogP contribution in [-0.4, -0.2) is 73.2 Å². The maximum absolute atomic E-state index is 14.5.